The number of ether oxygens (including phenoxy) is 3. The van der Waals surface area contributed by atoms with Crippen molar-refractivity contribution < 1.29 is 64.5 Å². The highest BCUT2D eigenvalue weighted by Gasteiger charge is 2.30. The Balaban J connectivity index is 0.000000334. The molecule has 0 heterocycles. The van der Waals surface area contributed by atoms with Gasteiger partial charge in [-0.15, -0.1) is 0 Å². The fraction of sp³-hybridized carbons (Fsp3) is 0.605. The molecule has 0 bridgehead atoms. The largest absolute Gasteiger partial charge is 0.482 e. The molecule has 2 saturated carbocycles. The molecule has 340 valence electrons. The van der Waals surface area contributed by atoms with Gasteiger partial charge < -0.3 is 35.9 Å². The van der Waals surface area contributed by atoms with Gasteiger partial charge in [-0.05, 0) is 91.5 Å². The first-order chi connectivity index (χ1) is 28.9. The number of nitrogens with one attached hydrogen (secondary N) is 3. The van der Waals surface area contributed by atoms with E-state index in [0.717, 1.165) is 51.4 Å². The number of alkyl carbamates (subject to hydrolysis) is 1. The summed E-state index contributed by atoms with van der Waals surface area (Å²) in [6, 6.07) is 0.385. The van der Waals surface area contributed by atoms with Gasteiger partial charge in [-0.3, -0.25) is 19.2 Å². The summed E-state index contributed by atoms with van der Waals surface area (Å²) in [6.45, 7) is 4.77. The lowest BCUT2D eigenvalue weighted by Gasteiger charge is -2.21. The Hall–Kier alpha value is -4.87. The number of carbonyl (C=O) groups is 5. The van der Waals surface area contributed by atoms with Gasteiger partial charge in [0, 0.05) is 42.6 Å². The second kappa shape index (κ2) is 25.2. The van der Waals surface area contributed by atoms with E-state index in [2.05, 4.69) is 16.0 Å². The van der Waals surface area contributed by atoms with Crippen molar-refractivity contribution in [3.8, 4) is 11.5 Å². The van der Waals surface area contributed by atoms with Crippen molar-refractivity contribution in [3.05, 3.63) is 59.2 Å². The van der Waals surface area contributed by atoms with Crippen molar-refractivity contribution in [3.63, 3.8) is 0 Å². The van der Waals surface area contributed by atoms with Gasteiger partial charge in [-0.25, -0.2) is 22.4 Å². The standard InChI is InChI=1S/C24H33F3N2O5.C19H25F3N2O3/c1-24(2,3)34-23(32)28-11-7-6-10-18(29-22(31)15-8-4-5-9-15)19(30)14-33-20-13-16(25)12-17(26)21(20)27;20-13-9-14(21)18(22)17(10-13)27-11-16(25)15(7-3-4-8-23)24-19(26)12-5-1-2-6-12/h12-13,15,18H,4-11,14H2,1-3H3,(H,28,32)(H,29,31);9-10,12,15H,1-8,11,23H2,(H,24,26)/t18-;15-/m00/s1. The van der Waals surface area contributed by atoms with Crippen LogP contribution in [0.3, 0.4) is 0 Å². The van der Waals surface area contributed by atoms with Crippen LogP contribution in [0.25, 0.3) is 0 Å². The Morgan fingerprint density at radius 3 is 1.46 bits per heavy atom. The summed E-state index contributed by atoms with van der Waals surface area (Å²) in [5.74, 6) is -10.7. The summed E-state index contributed by atoms with van der Waals surface area (Å²) in [6.07, 6.45) is 9.34. The number of unbranched alkanes of at least 4 members (excludes halogenated alkanes) is 2. The highest BCUT2D eigenvalue weighted by Crippen LogP contribution is 2.27. The molecule has 2 aliphatic carbocycles. The third-order valence-corrected chi connectivity index (χ3v) is 10.1. The average Bonchev–Trinajstić information content (AvgIpc) is 3.94. The number of amides is 3. The van der Waals surface area contributed by atoms with Crippen LogP contribution in [0, 0.1) is 46.7 Å². The molecular formula is C43H58F6N4O8. The Labute approximate surface area is 352 Å². The van der Waals surface area contributed by atoms with E-state index in [1.165, 1.54) is 0 Å². The first-order valence-electron chi connectivity index (χ1n) is 20.8. The molecule has 4 rings (SSSR count). The lowest BCUT2D eigenvalue weighted by molar-refractivity contribution is -0.131. The molecule has 0 saturated heterocycles. The molecule has 2 aliphatic rings. The SMILES string of the molecule is CC(C)(C)OC(=O)NCCCC[C@H](NC(=O)C1CCCC1)C(=O)COc1cc(F)cc(F)c1F.NCCCC[C@H](NC(=O)C1CCCC1)C(=O)COc1cc(F)cc(F)c1F. The monoisotopic (exact) mass is 872 g/mol. The highest BCUT2D eigenvalue weighted by atomic mass is 19.2. The van der Waals surface area contributed by atoms with Gasteiger partial charge in [-0.1, -0.05) is 25.7 Å². The van der Waals surface area contributed by atoms with Gasteiger partial charge in [0.2, 0.25) is 23.4 Å². The van der Waals surface area contributed by atoms with Crippen molar-refractivity contribution in [2.75, 3.05) is 26.3 Å². The van der Waals surface area contributed by atoms with Gasteiger partial charge >= 0.3 is 6.09 Å². The average molecular weight is 873 g/mol. The number of Topliss-reactive ketones (excluding diaryl/α,β-unsaturated/α-hetero) is 2. The molecule has 0 unspecified atom stereocenters. The molecule has 2 aromatic rings. The normalized spacial score (nSPS) is 15.2. The molecule has 61 heavy (non-hydrogen) atoms. The smallest absolute Gasteiger partial charge is 0.407 e. The number of hydrogen-bond acceptors (Lipinski definition) is 9. The third kappa shape index (κ3) is 17.9. The van der Waals surface area contributed by atoms with Crippen LogP contribution in [0.4, 0.5) is 31.1 Å². The number of hydrogen-bond donors (Lipinski definition) is 4. The van der Waals surface area contributed by atoms with Crippen molar-refractivity contribution >= 4 is 29.5 Å². The van der Waals surface area contributed by atoms with Crippen LogP contribution in [0.2, 0.25) is 0 Å². The molecule has 0 spiro atoms. The van der Waals surface area contributed by atoms with E-state index < -0.39 is 95.0 Å². The molecule has 0 aliphatic heterocycles. The number of halogens is 6. The molecule has 2 fully saturated rings. The Morgan fingerprint density at radius 2 is 1.07 bits per heavy atom. The zero-order valence-electron chi connectivity index (χ0n) is 35.0. The number of carbonyl (C=O) groups excluding carboxylic acids is 5. The minimum absolute atomic E-state index is 0.106. The second-order valence-electron chi connectivity index (χ2n) is 16.2. The van der Waals surface area contributed by atoms with Crippen LogP contribution in [0.1, 0.15) is 111 Å². The predicted molar refractivity (Wildman–Crippen MR) is 212 cm³/mol. The third-order valence-electron chi connectivity index (χ3n) is 10.1. The molecule has 3 amide bonds. The van der Waals surface area contributed by atoms with Crippen LogP contribution in [0.5, 0.6) is 11.5 Å². The van der Waals surface area contributed by atoms with Gasteiger partial charge in [0.15, 0.2) is 34.7 Å². The first-order valence-corrected chi connectivity index (χ1v) is 20.8. The quantitative estimate of drug-likeness (QED) is 0.0571. The summed E-state index contributed by atoms with van der Waals surface area (Å²) in [4.78, 5) is 61.8. The molecule has 2 aromatic carbocycles. The number of nitrogens with two attached hydrogens (primary N) is 1. The van der Waals surface area contributed by atoms with Crippen LogP contribution in [-0.2, 0) is 23.9 Å². The number of ketones is 2. The van der Waals surface area contributed by atoms with Crippen LogP contribution >= 0.6 is 0 Å². The van der Waals surface area contributed by atoms with E-state index in [-0.39, 0.29) is 30.1 Å². The van der Waals surface area contributed by atoms with E-state index in [0.29, 0.717) is 69.5 Å². The molecule has 12 nitrogen and oxygen atoms in total. The Morgan fingerprint density at radius 1 is 0.656 bits per heavy atom. The van der Waals surface area contributed by atoms with E-state index in [1.54, 1.807) is 20.8 Å². The second-order valence-corrected chi connectivity index (χ2v) is 16.2. The van der Waals surface area contributed by atoms with Crippen molar-refractivity contribution in [2.24, 2.45) is 17.6 Å². The molecular weight excluding hydrogens is 814 g/mol. The summed E-state index contributed by atoms with van der Waals surface area (Å²) in [7, 11) is 0. The summed E-state index contributed by atoms with van der Waals surface area (Å²) < 4.78 is 95.8. The van der Waals surface area contributed by atoms with E-state index in [9.17, 15) is 50.3 Å². The lowest BCUT2D eigenvalue weighted by Crippen LogP contribution is -2.45. The topological polar surface area (TPSA) is 175 Å². The minimum Gasteiger partial charge on any atom is -0.482 e. The van der Waals surface area contributed by atoms with Crippen LogP contribution in [-0.4, -0.2) is 73.5 Å². The maximum absolute atomic E-state index is 13.8. The van der Waals surface area contributed by atoms with E-state index >= 15 is 0 Å². The van der Waals surface area contributed by atoms with E-state index in [4.69, 9.17) is 19.9 Å². The highest BCUT2D eigenvalue weighted by molar-refractivity contribution is 5.91. The van der Waals surface area contributed by atoms with Gasteiger partial charge in [0.25, 0.3) is 0 Å². The fourth-order valence-electron chi connectivity index (χ4n) is 6.83. The molecule has 0 aromatic heterocycles. The Kier molecular flexibility index (Phi) is 20.8. The zero-order valence-corrected chi connectivity index (χ0v) is 35.0. The van der Waals surface area contributed by atoms with E-state index in [1.807, 2.05) is 0 Å². The van der Waals surface area contributed by atoms with Crippen LogP contribution < -0.4 is 31.2 Å². The van der Waals surface area contributed by atoms with Crippen LogP contribution in [0.15, 0.2) is 24.3 Å². The maximum Gasteiger partial charge on any atom is 0.407 e. The lowest BCUT2D eigenvalue weighted by atomic mass is 10.0. The van der Waals surface area contributed by atoms with Gasteiger partial charge in [0.05, 0.1) is 12.1 Å². The predicted octanol–water partition coefficient (Wildman–Crippen LogP) is 7.28. The fourth-order valence-corrected chi connectivity index (χ4v) is 6.83. The Bertz CT molecular complexity index is 1780. The zero-order chi connectivity index (χ0) is 45.1. The molecule has 2 atom stereocenters. The number of benzene rings is 2. The van der Waals surface area contributed by atoms with Crippen molar-refractivity contribution in [1.29, 1.82) is 0 Å². The summed E-state index contributed by atoms with van der Waals surface area (Å²) in [5.41, 5.74) is 4.85. The maximum atomic E-state index is 13.8. The molecule has 0 radical (unpaired) electrons. The summed E-state index contributed by atoms with van der Waals surface area (Å²) >= 11 is 0. The summed E-state index contributed by atoms with van der Waals surface area (Å²) in [5, 5.41) is 8.10. The molecule has 18 heteroatoms. The van der Waals surface area contributed by atoms with Crippen molar-refractivity contribution in [2.45, 2.75) is 128 Å². The number of rotatable bonds is 21. The van der Waals surface area contributed by atoms with Crippen molar-refractivity contribution in [1.82, 2.24) is 16.0 Å². The first kappa shape index (κ1) is 50.5. The van der Waals surface area contributed by atoms with Gasteiger partial charge in [-0.2, -0.15) is 8.78 Å². The van der Waals surface area contributed by atoms with Gasteiger partial charge in [0.1, 0.15) is 30.4 Å². The molecule has 5 N–H and O–H groups in total. The minimum atomic E-state index is -1.42.